The molecule has 0 bridgehead atoms. The summed E-state index contributed by atoms with van der Waals surface area (Å²) in [5.41, 5.74) is 1.62. The van der Waals surface area contributed by atoms with Crippen LogP contribution in [0.2, 0.25) is 0 Å². The van der Waals surface area contributed by atoms with Crippen LogP contribution in [-0.4, -0.2) is 58.3 Å². The summed E-state index contributed by atoms with van der Waals surface area (Å²) < 4.78 is 30.4. The fourth-order valence-corrected chi connectivity index (χ4v) is 2.88. The van der Waals surface area contributed by atoms with Crippen LogP contribution in [0.15, 0.2) is 36.7 Å². The third-order valence-corrected chi connectivity index (χ3v) is 4.15. The van der Waals surface area contributed by atoms with Crippen LogP contribution in [0.4, 0.5) is 8.78 Å². The lowest BCUT2D eigenvalue weighted by Gasteiger charge is -2.34. The van der Waals surface area contributed by atoms with E-state index in [-0.39, 0.29) is 11.7 Å². The highest BCUT2D eigenvalue weighted by molar-refractivity contribution is 5.94. The molecule has 0 radical (unpaired) electrons. The number of aryl methyl sites for hydroxylation is 1. The minimum Gasteiger partial charge on any atom is -0.435 e. The van der Waals surface area contributed by atoms with E-state index in [2.05, 4.69) is 14.7 Å². The van der Waals surface area contributed by atoms with Crippen LogP contribution in [0.1, 0.15) is 15.9 Å². The molecule has 0 aliphatic carbocycles. The van der Waals surface area contributed by atoms with Gasteiger partial charge in [0.25, 0.3) is 5.91 Å². The lowest BCUT2D eigenvalue weighted by Crippen LogP contribution is -2.48. The van der Waals surface area contributed by atoms with Crippen LogP contribution in [0.5, 0.6) is 5.75 Å². The van der Waals surface area contributed by atoms with Crippen molar-refractivity contribution in [3.8, 4) is 5.75 Å². The first-order valence-electron chi connectivity index (χ1n) is 8.05. The van der Waals surface area contributed by atoms with Crippen molar-refractivity contribution in [3.05, 3.63) is 47.8 Å². The number of amides is 1. The molecule has 1 aromatic carbocycles. The Balaban J connectivity index is 1.52. The first-order valence-corrected chi connectivity index (χ1v) is 8.05. The predicted molar refractivity (Wildman–Crippen MR) is 87.5 cm³/mol. The molecule has 8 heteroatoms. The van der Waals surface area contributed by atoms with Crippen molar-refractivity contribution in [3.63, 3.8) is 0 Å². The number of ether oxygens (including phenoxy) is 1. The number of carbonyl (C=O) groups excluding carboxylic acids is 1. The molecule has 6 nitrogen and oxygen atoms in total. The van der Waals surface area contributed by atoms with E-state index in [0.29, 0.717) is 18.7 Å². The Kier molecular flexibility index (Phi) is 5.28. The number of hydrogen-bond acceptors (Lipinski definition) is 4. The van der Waals surface area contributed by atoms with Gasteiger partial charge in [-0.25, -0.2) is 0 Å². The maximum Gasteiger partial charge on any atom is 0.387 e. The standard InChI is InChI=1S/C17H20F2N4O2/c1-21-11-13(10-20-21)12-22-6-8-23(9-7-22)16(24)14-2-4-15(5-3-14)25-17(18)19/h2-5,10-11,17H,6-9,12H2,1H3. The molecule has 1 amide bonds. The number of halogens is 2. The maximum atomic E-state index is 12.5. The van der Waals surface area contributed by atoms with Crippen molar-refractivity contribution in [1.29, 1.82) is 0 Å². The summed E-state index contributed by atoms with van der Waals surface area (Å²) in [5.74, 6) is -0.0440. The molecule has 2 aromatic rings. The van der Waals surface area contributed by atoms with Crippen LogP contribution >= 0.6 is 0 Å². The van der Waals surface area contributed by atoms with Gasteiger partial charge in [0.2, 0.25) is 0 Å². The summed E-state index contributed by atoms with van der Waals surface area (Å²) in [6.07, 6.45) is 3.83. The van der Waals surface area contributed by atoms with Crippen molar-refractivity contribution < 1.29 is 18.3 Å². The zero-order chi connectivity index (χ0) is 17.8. The molecule has 2 heterocycles. The minimum absolute atomic E-state index is 0.0489. The first-order chi connectivity index (χ1) is 12.0. The molecule has 134 valence electrons. The number of benzene rings is 1. The molecule has 1 fully saturated rings. The zero-order valence-corrected chi connectivity index (χ0v) is 13.9. The van der Waals surface area contributed by atoms with Gasteiger partial charge in [0.1, 0.15) is 5.75 Å². The topological polar surface area (TPSA) is 50.6 Å². The lowest BCUT2D eigenvalue weighted by molar-refractivity contribution is -0.0498. The summed E-state index contributed by atoms with van der Waals surface area (Å²) in [5, 5.41) is 4.16. The van der Waals surface area contributed by atoms with Crippen LogP contribution in [0.3, 0.4) is 0 Å². The Morgan fingerprint density at radius 3 is 2.44 bits per heavy atom. The second-order valence-corrected chi connectivity index (χ2v) is 5.99. The Labute approximate surface area is 144 Å². The highest BCUT2D eigenvalue weighted by Gasteiger charge is 2.22. The SMILES string of the molecule is Cn1cc(CN2CCN(C(=O)c3ccc(OC(F)F)cc3)CC2)cn1. The largest absolute Gasteiger partial charge is 0.435 e. The van der Waals surface area contributed by atoms with Gasteiger partial charge in [-0.3, -0.25) is 14.4 Å². The van der Waals surface area contributed by atoms with Gasteiger partial charge in [-0.2, -0.15) is 13.9 Å². The summed E-state index contributed by atoms with van der Waals surface area (Å²) in [6, 6.07) is 5.81. The molecule has 1 aliphatic rings. The number of alkyl halides is 2. The molecule has 1 saturated heterocycles. The van der Waals surface area contributed by atoms with E-state index in [1.165, 1.54) is 24.3 Å². The summed E-state index contributed by atoms with van der Waals surface area (Å²) in [6.45, 7) is 0.785. The number of hydrogen-bond donors (Lipinski definition) is 0. The van der Waals surface area contributed by atoms with Gasteiger partial charge in [0, 0.05) is 57.1 Å². The molecule has 3 rings (SSSR count). The van der Waals surface area contributed by atoms with Gasteiger partial charge >= 0.3 is 6.61 Å². The molecule has 25 heavy (non-hydrogen) atoms. The molecule has 0 N–H and O–H groups in total. The molecular weight excluding hydrogens is 330 g/mol. The quantitative estimate of drug-likeness (QED) is 0.827. The second-order valence-electron chi connectivity index (χ2n) is 5.99. The van der Waals surface area contributed by atoms with Crippen LogP contribution in [0.25, 0.3) is 0 Å². The monoisotopic (exact) mass is 350 g/mol. The van der Waals surface area contributed by atoms with Gasteiger partial charge in [-0.05, 0) is 24.3 Å². The Hall–Kier alpha value is -2.48. The fourth-order valence-electron chi connectivity index (χ4n) is 2.88. The molecule has 1 aromatic heterocycles. The van der Waals surface area contributed by atoms with E-state index >= 15 is 0 Å². The molecule has 0 spiro atoms. The van der Waals surface area contributed by atoms with E-state index in [9.17, 15) is 13.6 Å². The predicted octanol–water partition coefficient (Wildman–Crippen LogP) is 1.98. The van der Waals surface area contributed by atoms with Crippen molar-refractivity contribution in [2.45, 2.75) is 13.2 Å². The summed E-state index contributed by atoms with van der Waals surface area (Å²) in [4.78, 5) is 16.6. The Morgan fingerprint density at radius 2 is 1.88 bits per heavy atom. The van der Waals surface area contributed by atoms with Gasteiger partial charge < -0.3 is 9.64 Å². The average Bonchev–Trinajstić information content (AvgIpc) is 3.00. The van der Waals surface area contributed by atoms with E-state index < -0.39 is 6.61 Å². The molecule has 1 aliphatic heterocycles. The Morgan fingerprint density at radius 1 is 1.20 bits per heavy atom. The highest BCUT2D eigenvalue weighted by atomic mass is 19.3. The van der Waals surface area contributed by atoms with Gasteiger partial charge in [0.15, 0.2) is 0 Å². The Bertz CT molecular complexity index is 710. The first kappa shape index (κ1) is 17.3. The number of aromatic nitrogens is 2. The third-order valence-electron chi connectivity index (χ3n) is 4.15. The summed E-state index contributed by atoms with van der Waals surface area (Å²) in [7, 11) is 1.89. The third kappa shape index (κ3) is 4.54. The maximum absolute atomic E-state index is 12.5. The zero-order valence-electron chi connectivity index (χ0n) is 13.9. The lowest BCUT2D eigenvalue weighted by atomic mass is 10.1. The van der Waals surface area contributed by atoms with Crippen LogP contribution < -0.4 is 4.74 Å². The number of rotatable bonds is 5. The van der Waals surface area contributed by atoms with Gasteiger partial charge in [-0.15, -0.1) is 0 Å². The number of carbonyl (C=O) groups is 1. The van der Waals surface area contributed by atoms with Crippen molar-refractivity contribution >= 4 is 5.91 Å². The number of nitrogens with zero attached hydrogens (tertiary/aromatic N) is 4. The van der Waals surface area contributed by atoms with Gasteiger partial charge in [-0.1, -0.05) is 0 Å². The minimum atomic E-state index is -2.87. The number of piperazine rings is 1. The normalized spacial score (nSPS) is 15.6. The molecule has 0 saturated carbocycles. The highest BCUT2D eigenvalue weighted by Crippen LogP contribution is 2.17. The average molecular weight is 350 g/mol. The second kappa shape index (κ2) is 7.60. The van der Waals surface area contributed by atoms with Gasteiger partial charge in [0.05, 0.1) is 6.20 Å². The fraction of sp³-hybridized carbons (Fsp3) is 0.412. The van der Waals surface area contributed by atoms with E-state index in [1.54, 1.807) is 9.58 Å². The molecule has 0 atom stereocenters. The molecule has 0 unspecified atom stereocenters. The summed E-state index contributed by atoms with van der Waals surface area (Å²) >= 11 is 0. The van der Waals surface area contributed by atoms with E-state index in [4.69, 9.17) is 0 Å². The molecular formula is C17H20F2N4O2. The van der Waals surface area contributed by atoms with E-state index in [1.807, 2.05) is 19.4 Å². The van der Waals surface area contributed by atoms with Crippen molar-refractivity contribution in [1.82, 2.24) is 19.6 Å². The van der Waals surface area contributed by atoms with Crippen LogP contribution in [0, 0.1) is 0 Å². The van der Waals surface area contributed by atoms with Crippen LogP contribution in [-0.2, 0) is 13.6 Å². The van der Waals surface area contributed by atoms with E-state index in [0.717, 1.165) is 25.2 Å². The van der Waals surface area contributed by atoms with Crippen molar-refractivity contribution in [2.75, 3.05) is 26.2 Å². The van der Waals surface area contributed by atoms with Crippen molar-refractivity contribution in [2.24, 2.45) is 7.05 Å². The smallest absolute Gasteiger partial charge is 0.387 e.